The SMILES string of the molecule is CC1C(O)C(CO)OC1(C#N)n1ccc(N)nc1=O. The zero-order chi connectivity index (χ0) is 14.2. The first-order chi connectivity index (χ1) is 8.96. The van der Waals surface area contributed by atoms with Crippen molar-refractivity contribution in [2.45, 2.75) is 24.9 Å². The van der Waals surface area contributed by atoms with E-state index in [4.69, 9.17) is 15.6 Å². The molecule has 0 aromatic carbocycles. The number of nitrogens with two attached hydrogens (primary N) is 1. The molecule has 2 heterocycles. The molecule has 1 aliphatic rings. The molecule has 8 nitrogen and oxygen atoms in total. The number of hydrogen-bond donors (Lipinski definition) is 3. The molecule has 8 heteroatoms. The minimum Gasteiger partial charge on any atom is -0.394 e. The summed E-state index contributed by atoms with van der Waals surface area (Å²) in [6, 6.07) is 3.24. The molecule has 0 radical (unpaired) electrons. The summed E-state index contributed by atoms with van der Waals surface area (Å²) in [6.45, 7) is 1.11. The molecule has 1 aromatic heterocycles. The molecule has 1 saturated heterocycles. The Bertz CT molecular complexity index is 581. The van der Waals surface area contributed by atoms with E-state index in [2.05, 4.69) is 4.98 Å². The summed E-state index contributed by atoms with van der Waals surface area (Å²) in [6.07, 6.45) is -0.704. The second-order valence-electron chi connectivity index (χ2n) is 4.43. The van der Waals surface area contributed by atoms with Gasteiger partial charge >= 0.3 is 5.69 Å². The monoisotopic (exact) mass is 266 g/mol. The van der Waals surface area contributed by atoms with E-state index in [0.717, 1.165) is 4.57 Å². The average molecular weight is 266 g/mol. The summed E-state index contributed by atoms with van der Waals surface area (Å²) in [7, 11) is 0. The molecule has 19 heavy (non-hydrogen) atoms. The number of hydrogen-bond acceptors (Lipinski definition) is 7. The van der Waals surface area contributed by atoms with Crippen LogP contribution in [0.2, 0.25) is 0 Å². The zero-order valence-electron chi connectivity index (χ0n) is 10.2. The molecule has 2 rings (SSSR count). The van der Waals surface area contributed by atoms with Crippen molar-refractivity contribution < 1.29 is 14.9 Å². The highest BCUT2D eigenvalue weighted by atomic mass is 16.6. The van der Waals surface area contributed by atoms with Crippen LogP contribution in [0.25, 0.3) is 0 Å². The van der Waals surface area contributed by atoms with Gasteiger partial charge in [0.2, 0.25) is 5.72 Å². The Kier molecular flexibility index (Phi) is 3.28. The lowest BCUT2D eigenvalue weighted by Gasteiger charge is -2.27. The summed E-state index contributed by atoms with van der Waals surface area (Å²) in [5, 5.41) is 28.4. The Morgan fingerprint density at radius 2 is 2.42 bits per heavy atom. The van der Waals surface area contributed by atoms with Crippen LogP contribution in [-0.4, -0.2) is 38.6 Å². The lowest BCUT2D eigenvalue weighted by Crippen LogP contribution is -2.45. The van der Waals surface area contributed by atoms with Crippen LogP contribution in [0.1, 0.15) is 6.92 Å². The molecule has 1 aliphatic heterocycles. The number of nitriles is 1. The van der Waals surface area contributed by atoms with Crippen molar-refractivity contribution in [1.29, 1.82) is 5.26 Å². The van der Waals surface area contributed by atoms with Crippen LogP contribution >= 0.6 is 0 Å². The second kappa shape index (κ2) is 4.62. The number of anilines is 1. The van der Waals surface area contributed by atoms with Gasteiger partial charge in [-0.1, -0.05) is 6.92 Å². The smallest absolute Gasteiger partial charge is 0.352 e. The molecule has 1 aromatic rings. The maximum Gasteiger partial charge on any atom is 0.352 e. The van der Waals surface area contributed by atoms with Gasteiger partial charge in [0.1, 0.15) is 18.0 Å². The molecule has 102 valence electrons. The average Bonchev–Trinajstić information content (AvgIpc) is 2.64. The fourth-order valence-corrected chi connectivity index (χ4v) is 2.23. The number of nitrogen functional groups attached to an aromatic ring is 1. The fraction of sp³-hybridized carbons (Fsp3) is 0.545. The molecule has 0 saturated carbocycles. The lowest BCUT2D eigenvalue weighted by atomic mass is 9.94. The van der Waals surface area contributed by atoms with Gasteiger partial charge in [0.15, 0.2) is 0 Å². The quantitative estimate of drug-likeness (QED) is 0.586. The van der Waals surface area contributed by atoms with Crippen molar-refractivity contribution in [3.63, 3.8) is 0 Å². The molecular weight excluding hydrogens is 252 g/mol. The molecule has 4 N–H and O–H groups in total. The van der Waals surface area contributed by atoms with E-state index >= 15 is 0 Å². The molecule has 4 unspecified atom stereocenters. The predicted molar refractivity (Wildman–Crippen MR) is 63.6 cm³/mol. The maximum absolute atomic E-state index is 11.8. The largest absolute Gasteiger partial charge is 0.394 e. The number of nitrogens with zero attached hydrogens (tertiary/aromatic N) is 3. The third-order valence-corrected chi connectivity index (χ3v) is 3.36. The van der Waals surface area contributed by atoms with E-state index in [-0.39, 0.29) is 5.82 Å². The van der Waals surface area contributed by atoms with Crippen molar-refractivity contribution in [3.8, 4) is 6.07 Å². The summed E-state index contributed by atoms with van der Waals surface area (Å²) < 4.78 is 6.38. The van der Waals surface area contributed by atoms with Crippen molar-refractivity contribution in [2.75, 3.05) is 12.3 Å². The van der Waals surface area contributed by atoms with Crippen molar-refractivity contribution >= 4 is 5.82 Å². The molecular formula is C11H14N4O4. The van der Waals surface area contributed by atoms with Crippen LogP contribution in [0, 0.1) is 17.2 Å². The van der Waals surface area contributed by atoms with Gasteiger partial charge in [-0.3, -0.25) is 4.57 Å². The third-order valence-electron chi connectivity index (χ3n) is 3.36. The maximum atomic E-state index is 11.8. The van der Waals surface area contributed by atoms with Crippen LogP contribution in [0.3, 0.4) is 0 Å². The minimum absolute atomic E-state index is 0.0271. The van der Waals surface area contributed by atoms with E-state index in [1.54, 1.807) is 6.92 Å². The molecule has 0 spiro atoms. The first kappa shape index (κ1) is 13.5. The minimum atomic E-state index is -1.70. The van der Waals surface area contributed by atoms with Gasteiger partial charge in [-0.25, -0.2) is 4.79 Å². The summed E-state index contributed by atoms with van der Waals surface area (Å²) in [4.78, 5) is 15.4. The molecule has 1 fully saturated rings. The standard InChI is InChI=1S/C11H14N4O4/c1-6-9(17)7(4-16)19-11(6,5-12)15-3-2-8(13)14-10(15)18/h2-3,6-7,9,16-17H,4H2,1H3,(H2,13,14,18). The van der Waals surface area contributed by atoms with Gasteiger partial charge in [-0.05, 0) is 6.07 Å². The van der Waals surface area contributed by atoms with Crippen molar-refractivity contribution in [2.24, 2.45) is 5.92 Å². The van der Waals surface area contributed by atoms with Crippen LogP contribution in [0.5, 0.6) is 0 Å². The van der Waals surface area contributed by atoms with Gasteiger partial charge in [-0.15, -0.1) is 0 Å². The number of ether oxygens (including phenoxy) is 1. The van der Waals surface area contributed by atoms with E-state index in [1.165, 1.54) is 12.3 Å². The number of rotatable bonds is 2. The number of aliphatic hydroxyl groups excluding tert-OH is 2. The molecule has 0 aliphatic carbocycles. The topological polar surface area (TPSA) is 134 Å². The summed E-state index contributed by atoms with van der Waals surface area (Å²) in [5.41, 5.74) is 2.93. The Morgan fingerprint density at radius 1 is 1.74 bits per heavy atom. The van der Waals surface area contributed by atoms with E-state index in [0.29, 0.717) is 0 Å². The Morgan fingerprint density at radius 3 is 2.89 bits per heavy atom. The zero-order valence-corrected chi connectivity index (χ0v) is 10.2. The highest BCUT2D eigenvalue weighted by Crippen LogP contribution is 2.38. The lowest BCUT2D eigenvalue weighted by molar-refractivity contribution is -0.0918. The third kappa shape index (κ3) is 1.88. The van der Waals surface area contributed by atoms with Crippen LogP contribution in [0.4, 0.5) is 5.82 Å². The normalized spacial score (nSPS) is 34.1. The Hall–Kier alpha value is -1.95. The van der Waals surface area contributed by atoms with Gasteiger partial charge in [0, 0.05) is 12.1 Å². The van der Waals surface area contributed by atoms with E-state index in [9.17, 15) is 15.2 Å². The molecule has 0 bridgehead atoms. The fourth-order valence-electron chi connectivity index (χ4n) is 2.23. The van der Waals surface area contributed by atoms with Gasteiger partial charge in [0.05, 0.1) is 12.7 Å². The van der Waals surface area contributed by atoms with E-state index < -0.39 is 36.1 Å². The summed E-state index contributed by atoms with van der Waals surface area (Å²) in [5.74, 6) is -0.683. The van der Waals surface area contributed by atoms with Crippen molar-refractivity contribution in [1.82, 2.24) is 9.55 Å². The highest BCUT2D eigenvalue weighted by molar-refractivity contribution is 5.25. The first-order valence-electron chi connectivity index (χ1n) is 5.70. The van der Waals surface area contributed by atoms with Gasteiger partial charge < -0.3 is 20.7 Å². The van der Waals surface area contributed by atoms with Crippen LogP contribution < -0.4 is 11.4 Å². The Labute approximate surface area is 108 Å². The van der Waals surface area contributed by atoms with Crippen molar-refractivity contribution in [3.05, 3.63) is 22.7 Å². The number of aromatic nitrogens is 2. The predicted octanol–water partition coefficient (Wildman–Crippen LogP) is -1.61. The summed E-state index contributed by atoms with van der Waals surface area (Å²) >= 11 is 0. The second-order valence-corrected chi connectivity index (χ2v) is 4.43. The number of aliphatic hydroxyl groups is 2. The van der Waals surface area contributed by atoms with Gasteiger partial charge in [-0.2, -0.15) is 10.2 Å². The highest BCUT2D eigenvalue weighted by Gasteiger charge is 2.54. The van der Waals surface area contributed by atoms with E-state index in [1.807, 2.05) is 6.07 Å². The first-order valence-corrected chi connectivity index (χ1v) is 5.70. The Balaban J connectivity index is 2.56. The van der Waals surface area contributed by atoms with Crippen LogP contribution in [-0.2, 0) is 10.5 Å². The van der Waals surface area contributed by atoms with Crippen LogP contribution in [0.15, 0.2) is 17.1 Å². The van der Waals surface area contributed by atoms with Gasteiger partial charge in [0.25, 0.3) is 0 Å². The molecule has 0 amide bonds. The molecule has 4 atom stereocenters.